The molecule has 0 aliphatic rings. The van der Waals surface area contributed by atoms with Gasteiger partial charge in [0.05, 0.1) is 4.90 Å². The largest absolute Gasteiger partial charge is 0.244 e. The average Bonchev–Trinajstić information content (AvgIpc) is 2.38. The molecule has 0 saturated heterocycles. The number of nitrogens with zero attached hydrogens (tertiary/aromatic N) is 1. The molecule has 0 unspecified atom stereocenters. The second kappa shape index (κ2) is 6.60. The molecule has 0 bridgehead atoms. The molecule has 0 radical (unpaired) electrons. The van der Waals surface area contributed by atoms with Gasteiger partial charge in [-0.3, -0.25) is 0 Å². The second-order valence-corrected chi connectivity index (χ2v) is 8.61. The minimum atomic E-state index is -3.53. The molecule has 0 aliphatic heterocycles. The Labute approximate surface area is 142 Å². The maximum atomic E-state index is 12.6. The highest BCUT2D eigenvalue weighted by Gasteiger charge is 2.23. The molecule has 2 rings (SSSR count). The van der Waals surface area contributed by atoms with Gasteiger partial charge in [0.25, 0.3) is 0 Å². The summed E-state index contributed by atoms with van der Waals surface area (Å²) in [5.74, 6) is 0. The summed E-state index contributed by atoms with van der Waals surface area (Å²) in [6.45, 7) is 2.24. The molecule has 0 aromatic heterocycles. The van der Waals surface area contributed by atoms with E-state index in [-0.39, 0.29) is 4.90 Å². The second-order valence-electron chi connectivity index (χ2n) is 4.82. The summed E-state index contributed by atoms with van der Waals surface area (Å²) in [6, 6.07) is 12.9. The number of halogens is 2. The lowest BCUT2D eigenvalue weighted by molar-refractivity contribution is 0.466. The molecule has 0 fully saturated rings. The fourth-order valence-corrected chi connectivity index (χ4v) is 4.71. The first-order valence-corrected chi connectivity index (χ1v) is 9.30. The first kappa shape index (κ1) is 16.7. The van der Waals surface area contributed by atoms with Gasteiger partial charge in [-0.15, -0.1) is 0 Å². The van der Waals surface area contributed by atoms with Crippen LogP contribution in [0, 0.1) is 6.92 Å². The van der Waals surface area contributed by atoms with E-state index in [0.717, 1.165) is 15.6 Å². The highest BCUT2D eigenvalue weighted by Crippen LogP contribution is 2.26. The van der Waals surface area contributed by atoms with Crippen molar-refractivity contribution in [2.24, 2.45) is 0 Å². The van der Waals surface area contributed by atoms with Gasteiger partial charge in [0, 0.05) is 22.5 Å². The molecule has 2 aromatic rings. The van der Waals surface area contributed by atoms with Crippen molar-refractivity contribution in [3.8, 4) is 0 Å². The van der Waals surface area contributed by atoms with Crippen molar-refractivity contribution in [1.82, 2.24) is 4.31 Å². The number of rotatable bonds is 4. The smallest absolute Gasteiger partial charge is 0.207 e. The molecular weight excluding hydrogens is 418 g/mol. The number of aryl methyl sites for hydroxylation is 1. The molecule has 3 nitrogen and oxygen atoms in total. The van der Waals surface area contributed by atoms with E-state index in [1.807, 2.05) is 31.2 Å². The Morgan fingerprint density at radius 2 is 1.81 bits per heavy atom. The van der Waals surface area contributed by atoms with Crippen LogP contribution in [0.4, 0.5) is 0 Å². The van der Waals surface area contributed by atoms with E-state index in [9.17, 15) is 8.42 Å². The molecular formula is C15H15Br2NO2S. The molecule has 0 aliphatic carbocycles. The number of sulfonamides is 1. The Balaban J connectivity index is 2.30. The van der Waals surface area contributed by atoms with Crippen LogP contribution in [0.1, 0.15) is 11.1 Å². The van der Waals surface area contributed by atoms with Crippen LogP contribution in [0.5, 0.6) is 0 Å². The summed E-state index contributed by atoms with van der Waals surface area (Å²) < 4.78 is 28.1. The lowest BCUT2D eigenvalue weighted by atomic mass is 10.2. The number of hydrogen-bond acceptors (Lipinski definition) is 2. The normalized spacial score (nSPS) is 11.9. The molecule has 2 aromatic carbocycles. The first-order chi connectivity index (χ1) is 9.80. The van der Waals surface area contributed by atoms with E-state index in [1.165, 1.54) is 4.31 Å². The fraction of sp³-hybridized carbons (Fsp3) is 0.200. The number of hydrogen-bond donors (Lipinski definition) is 0. The van der Waals surface area contributed by atoms with Crippen molar-refractivity contribution in [3.63, 3.8) is 0 Å². The van der Waals surface area contributed by atoms with E-state index >= 15 is 0 Å². The minimum absolute atomic E-state index is 0.283. The zero-order valence-electron chi connectivity index (χ0n) is 11.7. The Kier molecular flexibility index (Phi) is 5.24. The third-order valence-corrected chi connectivity index (χ3v) is 6.34. The molecule has 0 amide bonds. The van der Waals surface area contributed by atoms with Crippen molar-refractivity contribution in [1.29, 1.82) is 0 Å². The fourth-order valence-electron chi connectivity index (χ4n) is 1.96. The SMILES string of the molecule is Cc1ccc(S(=O)(=O)N(C)Cc2cccc(Br)c2)c(Br)c1. The molecule has 0 spiro atoms. The van der Waals surface area contributed by atoms with Crippen molar-refractivity contribution < 1.29 is 8.42 Å². The van der Waals surface area contributed by atoms with Crippen LogP contribution in [0.15, 0.2) is 56.3 Å². The van der Waals surface area contributed by atoms with Crippen molar-refractivity contribution >= 4 is 41.9 Å². The van der Waals surface area contributed by atoms with Gasteiger partial charge in [-0.25, -0.2) is 8.42 Å². The Morgan fingerprint density at radius 3 is 2.43 bits per heavy atom. The highest BCUT2D eigenvalue weighted by molar-refractivity contribution is 9.10. The van der Waals surface area contributed by atoms with Gasteiger partial charge in [-0.2, -0.15) is 4.31 Å². The van der Waals surface area contributed by atoms with Crippen LogP contribution in [0.3, 0.4) is 0 Å². The lowest BCUT2D eigenvalue weighted by Crippen LogP contribution is -2.26. The monoisotopic (exact) mass is 431 g/mol. The van der Waals surface area contributed by atoms with Gasteiger partial charge in [0.15, 0.2) is 0 Å². The van der Waals surface area contributed by atoms with Gasteiger partial charge in [-0.1, -0.05) is 34.1 Å². The van der Waals surface area contributed by atoms with Crippen LogP contribution < -0.4 is 0 Å². The van der Waals surface area contributed by atoms with Gasteiger partial charge in [0.1, 0.15) is 0 Å². The zero-order chi connectivity index (χ0) is 15.6. The third-order valence-electron chi connectivity index (χ3n) is 3.07. The van der Waals surface area contributed by atoms with Crippen molar-refractivity contribution in [2.75, 3.05) is 7.05 Å². The van der Waals surface area contributed by atoms with Gasteiger partial charge in [-0.05, 0) is 58.2 Å². The molecule has 21 heavy (non-hydrogen) atoms. The standard InChI is InChI=1S/C15H15Br2NO2S/c1-11-6-7-15(14(17)8-11)21(19,20)18(2)10-12-4-3-5-13(16)9-12/h3-9H,10H2,1-2H3. The Hall–Kier alpha value is -0.690. The van der Waals surface area contributed by atoms with Gasteiger partial charge >= 0.3 is 0 Å². The molecule has 0 atom stereocenters. The van der Waals surface area contributed by atoms with Crippen molar-refractivity contribution in [2.45, 2.75) is 18.4 Å². The van der Waals surface area contributed by atoms with Crippen LogP contribution in [0.2, 0.25) is 0 Å². The predicted octanol–water partition coefficient (Wildman–Crippen LogP) is 4.34. The molecule has 6 heteroatoms. The maximum Gasteiger partial charge on any atom is 0.244 e. The average molecular weight is 433 g/mol. The van der Waals surface area contributed by atoms with Gasteiger partial charge < -0.3 is 0 Å². The van der Waals surface area contributed by atoms with Crippen molar-refractivity contribution in [3.05, 3.63) is 62.5 Å². The third kappa shape index (κ3) is 3.94. The van der Waals surface area contributed by atoms with E-state index in [4.69, 9.17) is 0 Å². The highest BCUT2D eigenvalue weighted by atomic mass is 79.9. The number of benzene rings is 2. The Morgan fingerprint density at radius 1 is 1.10 bits per heavy atom. The molecule has 0 heterocycles. The van der Waals surface area contributed by atoms with E-state index in [1.54, 1.807) is 25.2 Å². The first-order valence-electron chi connectivity index (χ1n) is 6.27. The molecule has 0 N–H and O–H groups in total. The lowest BCUT2D eigenvalue weighted by Gasteiger charge is -2.18. The summed E-state index contributed by atoms with van der Waals surface area (Å²) in [6.07, 6.45) is 0. The topological polar surface area (TPSA) is 37.4 Å². The summed E-state index contributed by atoms with van der Waals surface area (Å²) >= 11 is 6.73. The van der Waals surface area contributed by atoms with Crippen LogP contribution in [-0.4, -0.2) is 19.8 Å². The summed E-state index contributed by atoms with van der Waals surface area (Å²) in [5.41, 5.74) is 1.94. The maximum absolute atomic E-state index is 12.6. The Bertz CT molecular complexity index is 760. The molecule has 0 saturated carbocycles. The summed E-state index contributed by atoms with van der Waals surface area (Å²) in [4.78, 5) is 0.283. The van der Waals surface area contributed by atoms with E-state index in [2.05, 4.69) is 31.9 Å². The van der Waals surface area contributed by atoms with Crippen LogP contribution in [-0.2, 0) is 16.6 Å². The van der Waals surface area contributed by atoms with Gasteiger partial charge in [0.2, 0.25) is 10.0 Å². The predicted molar refractivity (Wildman–Crippen MR) is 91.7 cm³/mol. The molecule has 112 valence electrons. The zero-order valence-corrected chi connectivity index (χ0v) is 15.7. The van der Waals surface area contributed by atoms with E-state index in [0.29, 0.717) is 11.0 Å². The quantitative estimate of drug-likeness (QED) is 0.720. The summed E-state index contributed by atoms with van der Waals surface area (Å²) in [5, 5.41) is 0. The van der Waals surface area contributed by atoms with E-state index < -0.39 is 10.0 Å². The minimum Gasteiger partial charge on any atom is -0.207 e. The summed E-state index contributed by atoms with van der Waals surface area (Å²) in [7, 11) is -1.94. The van der Waals surface area contributed by atoms with Crippen LogP contribution in [0.25, 0.3) is 0 Å². The van der Waals surface area contributed by atoms with Crippen LogP contribution >= 0.6 is 31.9 Å².